The molecule has 0 spiro atoms. The fourth-order valence-corrected chi connectivity index (χ4v) is 3.19. The van der Waals surface area contributed by atoms with Crippen molar-refractivity contribution in [1.82, 2.24) is 0 Å². The van der Waals surface area contributed by atoms with E-state index in [1.165, 1.54) is 0 Å². The molecule has 0 N–H and O–H groups in total. The van der Waals surface area contributed by atoms with Crippen LogP contribution in [0.4, 0.5) is 0 Å². The molecule has 2 bridgehead atoms. The number of carboxylic acid groups (broad SMARTS) is 2. The maximum atomic E-state index is 10.9. The Balaban J connectivity index is 0.00000128. The van der Waals surface area contributed by atoms with Gasteiger partial charge in [-0.05, 0) is 43.9 Å². The summed E-state index contributed by atoms with van der Waals surface area (Å²) < 4.78 is 0. The zero-order valence-corrected chi connectivity index (χ0v) is 14.5. The molecular formula is C11H14Na2O4. The van der Waals surface area contributed by atoms with Crippen LogP contribution < -0.4 is 69.3 Å². The number of hydrogen-bond acceptors (Lipinski definition) is 4. The van der Waals surface area contributed by atoms with E-state index in [1.807, 2.05) is 0 Å². The van der Waals surface area contributed by atoms with Crippen LogP contribution >= 0.6 is 0 Å². The van der Waals surface area contributed by atoms with Crippen molar-refractivity contribution in [2.75, 3.05) is 0 Å². The minimum atomic E-state index is -1.09. The second-order valence-corrected chi connectivity index (χ2v) is 4.76. The van der Waals surface area contributed by atoms with E-state index >= 15 is 0 Å². The van der Waals surface area contributed by atoms with E-state index in [4.69, 9.17) is 0 Å². The molecule has 3 saturated carbocycles. The molecule has 0 aromatic rings. The predicted octanol–water partition coefficient (Wildman–Crippen LogP) is -7.06. The number of hydrogen-bond donors (Lipinski definition) is 0. The normalized spacial score (nSPS) is 35.1. The molecule has 0 radical (unpaired) electrons. The molecule has 3 fully saturated rings. The van der Waals surface area contributed by atoms with Gasteiger partial charge in [0.15, 0.2) is 0 Å². The van der Waals surface area contributed by atoms with Gasteiger partial charge in [0, 0.05) is 23.8 Å². The summed E-state index contributed by atoms with van der Waals surface area (Å²) in [5, 5.41) is 21.9. The van der Waals surface area contributed by atoms with E-state index in [1.54, 1.807) is 0 Å². The average molecular weight is 256 g/mol. The molecule has 0 heterocycles. The van der Waals surface area contributed by atoms with Crippen molar-refractivity contribution in [3.05, 3.63) is 0 Å². The Morgan fingerprint density at radius 2 is 1.06 bits per heavy atom. The summed E-state index contributed by atoms with van der Waals surface area (Å²) in [5.74, 6) is -3.10. The van der Waals surface area contributed by atoms with Gasteiger partial charge >= 0.3 is 59.1 Å². The molecule has 0 saturated heterocycles. The van der Waals surface area contributed by atoms with Crippen LogP contribution in [0.15, 0.2) is 0 Å². The van der Waals surface area contributed by atoms with E-state index < -0.39 is 23.8 Å². The second-order valence-electron chi connectivity index (χ2n) is 4.76. The number of aliphatic carboxylic acids is 2. The van der Waals surface area contributed by atoms with Gasteiger partial charge in [0.1, 0.15) is 0 Å². The molecule has 4 nitrogen and oxygen atoms in total. The monoisotopic (exact) mass is 256 g/mol. The van der Waals surface area contributed by atoms with Crippen LogP contribution in [-0.2, 0) is 9.59 Å². The SMILES string of the molecule is O=C([O-])C1CC(C(=O)[O-])C2CCC1CC2.[Na+].[Na+]. The standard InChI is InChI=1S/C11H16O4.2Na/c12-10(13)8-5-9(11(14)15)7-2-1-6(8)3-4-7;;/h6-9H,1-5H2,(H,12,13)(H,14,15);;/q;2*+1/p-2. The topological polar surface area (TPSA) is 80.3 Å². The molecule has 0 aliphatic heterocycles. The molecule has 84 valence electrons. The van der Waals surface area contributed by atoms with Crippen LogP contribution in [0.3, 0.4) is 0 Å². The Hall–Kier alpha value is 0.940. The van der Waals surface area contributed by atoms with Gasteiger partial charge < -0.3 is 19.8 Å². The fourth-order valence-electron chi connectivity index (χ4n) is 3.19. The molecule has 0 aromatic heterocycles. The fraction of sp³-hybridized carbons (Fsp3) is 0.818. The van der Waals surface area contributed by atoms with E-state index in [0.717, 1.165) is 25.7 Å². The molecule has 2 atom stereocenters. The van der Waals surface area contributed by atoms with Gasteiger partial charge in [-0.2, -0.15) is 0 Å². The van der Waals surface area contributed by atoms with Gasteiger partial charge in [-0.3, -0.25) is 0 Å². The molecule has 0 aromatic carbocycles. The molecule has 0 amide bonds. The quantitative estimate of drug-likeness (QED) is 0.460. The minimum Gasteiger partial charge on any atom is -0.550 e. The first-order chi connectivity index (χ1) is 7.09. The largest absolute Gasteiger partial charge is 1.00 e. The minimum absolute atomic E-state index is 0. The Labute approximate surface area is 145 Å². The third-order valence-corrected chi connectivity index (χ3v) is 4.07. The summed E-state index contributed by atoms with van der Waals surface area (Å²) in [4.78, 5) is 21.9. The van der Waals surface area contributed by atoms with Gasteiger partial charge in [-0.1, -0.05) is 0 Å². The molecule has 3 aliphatic carbocycles. The molecular weight excluding hydrogens is 242 g/mol. The Morgan fingerprint density at radius 1 is 0.765 bits per heavy atom. The predicted molar refractivity (Wildman–Crippen MR) is 47.1 cm³/mol. The molecule has 17 heavy (non-hydrogen) atoms. The van der Waals surface area contributed by atoms with Crippen LogP contribution in [0.1, 0.15) is 32.1 Å². The summed E-state index contributed by atoms with van der Waals surface area (Å²) in [6.07, 6.45) is 3.51. The summed E-state index contributed by atoms with van der Waals surface area (Å²) in [7, 11) is 0. The van der Waals surface area contributed by atoms with Gasteiger partial charge in [0.05, 0.1) is 0 Å². The van der Waals surface area contributed by atoms with Crippen molar-refractivity contribution >= 4 is 11.9 Å². The van der Waals surface area contributed by atoms with Crippen molar-refractivity contribution in [2.45, 2.75) is 32.1 Å². The van der Waals surface area contributed by atoms with Crippen LogP contribution in [-0.4, -0.2) is 11.9 Å². The van der Waals surface area contributed by atoms with Crippen LogP contribution in [0.25, 0.3) is 0 Å². The van der Waals surface area contributed by atoms with Crippen molar-refractivity contribution in [3.63, 3.8) is 0 Å². The number of carbonyl (C=O) groups is 2. The Kier molecular flexibility index (Phi) is 7.93. The van der Waals surface area contributed by atoms with Crippen molar-refractivity contribution in [3.8, 4) is 0 Å². The van der Waals surface area contributed by atoms with Crippen LogP contribution in [0, 0.1) is 23.7 Å². The molecule has 2 unspecified atom stereocenters. The molecule has 3 aliphatic rings. The number of carbonyl (C=O) groups excluding carboxylic acids is 2. The Morgan fingerprint density at radius 3 is 1.29 bits per heavy atom. The van der Waals surface area contributed by atoms with Crippen molar-refractivity contribution in [2.24, 2.45) is 23.7 Å². The second kappa shape index (κ2) is 7.51. The van der Waals surface area contributed by atoms with E-state index in [-0.39, 0.29) is 77.4 Å². The van der Waals surface area contributed by atoms with Crippen molar-refractivity contribution < 1.29 is 78.9 Å². The number of rotatable bonds is 2. The van der Waals surface area contributed by atoms with E-state index in [2.05, 4.69) is 0 Å². The maximum Gasteiger partial charge on any atom is 1.00 e. The molecule has 6 heteroatoms. The third-order valence-electron chi connectivity index (χ3n) is 4.07. The maximum absolute atomic E-state index is 10.9. The van der Waals surface area contributed by atoms with Gasteiger partial charge in [-0.15, -0.1) is 0 Å². The summed E-state index contributed by atoms with van der Waals surface area (Å²) in [5.41, 5.74) is 0. The first-order valence-electron chi connectivity index (χ1n) is 5.51. The molecule has 3 rings (SSSR count). The van der Waals surface area contributed by atoms with Gasteiger partial charge in [0.25, 0.3) is 0 Å². The third kappa shape index (κ3) is 3.95. The van der Waals surface area contributed by atoms with Crippen molar-refractivity contribution in [1.29, 1.82) is 0 Å². The average Bonchev–Trinajstić information content (AvgIpc) is 2.46. The Bertz CT molecular complexity index is 259. The summed E-state index contributed by atoms with van der Waals surface area (Å²) in [6, 6.07) is 0. The zero-order chi connectivity index (χ0) is 11.0. The van der Waals surface area contributed by atoms with Gasteiger partial charge in [-0.25, -0.2) is 0 Å². The smallest absolute Gasteiger partial charge is 0.550 e. The zero-order valence-electron chi connectivity index (χ0n) is 10.5. The number of fused-ring (bicyclic) bond motifs is 4. The summed E-state index contributed by atoms with van der Waals surface area (Å²) in [6.45, 7) is 0. The van der Waals surface area contributed by atoms with E-state index in [0.29, 0.717) is 0 Å². The number of carboxylic acids is 2. The van der Waals surface area contributed by atoms with E-state index in [9.17, 15) is 19.8 Å². The van der Waals surface area contributed by atoms with Gasteiger partial charge in [0.2, 0.25) is 0 Å². The first kappa shape index (κ1) is 17.9. The summed E-state index contributed by atoms with van der Waals surface area (Å²) >= 11 is 0. The first-order valence-corrected chi connectivity index (χ1v) is 5.51. The van der Waals surface area contributed by atoms with Crippen LogP contribution in [0.5, 0.6) is 0 Å². The van der Waals surface area contributed by atoms with Crippen LogP contribution in [0.2, 0.25) is 0 Å².